The standard InChI is InChI=1S/C18H13BrClN5O3/c19-10-4-6-13(7-5-10)25-17(27)15-16(18(25)28)24(23-22-15)9-14(26)21-12-3-1-2-11(20)8-12/h1-8,15-16H,9H2,(H,21,26)/t15-,16-/m1/s1. The topological polar surface area (TPSA) is 94.4 Å². The third-order valence-electron chi connectivity index (χ3n) is 4.36. The Morgan fingerprint density at radius 2 is 1.89 bits per heavy atom. The number of carbonyl (C=O) groups excluding carboxylic acids is 3. The van der Waals surface area contributed by atoms with E-state index in [1.165, 1.54) is 5.01 Å². The van der Waals surface area contributed by atoms with Crippen LogP contribution >= 0.6 is 27.5 Å². The van der Waals surface area contributed by atoms with E-state index in [4.69, 9.17) is 11.6 Å². The normalized spacial score (nSPS) is 20.6. The average Bonchev–Trinajstić information content (AvgIpc) is 3.16. The van der Waals surface area contributed by atoms with E-state index in [2.05, 4.69) is 31.6 Å². The fourth-order valence-electron chi connectivity index (χ4n) is 3.11. The average molecular weight is 463 g/mol. The fourth-order valence-corrected chi connectivity index (χ4v) is 3.57. The van der Waals surface area contributed by atoms with Crippen molar-refractivity contribution in [2.45, 2.75) is 12.1 Å². The smallest absolute Gasteiger partial charge is 0.263 e. The van der Waals surface area contributed by atoms with E-state index >= 15 is 0 Å². The SMILES string of the molecule is O=C(CN1N=N[C@H]2C(=O)N(c3ccc(Br)cc3)C(=O)[C@@H]21)Nc1cccc(Cl)c1. The van der Waals surface area contributed by atoms with Crippen molar-refractivity contribution < 1.29 is 14.4 Å². The van der Waals surface area contributed by atoms with E-state index in [-0.39, 0.29) is 6.54 Å². The van der Waals surface area contributed by atoms with Crippen LogP contribution in [0.2, 0.25) is 5.02 Å². The predicted octanol–water partition coefficient (Wildman–Crippen LogP) is 3.03. The molecular weight excluding hydrogens is 450 g/mol. The van der Waals surface area contributed by atoms with Crippen molar-refractivity contribution in [1.29, 1.82) is 0 Å². The van der Waals surface area contributed by atoms with Gasteiger partial charge in [0.15, 0.2) is 12.1 Å². The maximum Gasteiger partial charge on any atom is 0.263 e. The van der Waals surface area contributed by atoms with Crippen molar-refractivity contribution in [3.63, 3.8) is 0 Å². The fraction of sp³-hybridized carbons (Fsp3) is 0.167. The molecule has 0 spiro atoms. The third kappa shape index (κ3) is 3.38. The molecule has 28 heavy (non-hydrogen) atoms. The molecule has 0 aliphatic carbocycles. The number of anilines is 2. The van der Waals surface area contributed by atoms with Crippen LogP contribution in [-0.2, 0) is 14.4 Å². The van der Waals surface area contributed by atoms with Crippen molar-refractivity contribution in [1.82, 2.24) is 5.01 Å². The molecule has 4 rings (SSSR count). The van der Waals surface area contributed by atoms with Gasteiger partial charge in [-0.3, -0.25) is 19.4 Å². The molecule has 2 aliphatic heterocycles. The first-order chi connectivity index (χ1) is 13.4. The minimum atomic E-state index is -0.949. The number of carbonyl (C=O) groups is 3. The number of imide groups is 1. The molecule has 2 heterocycles. The Morgan fingerprint density at radius 3 is 2.61 bits per heavy atom. The molecule has 1 fully saturated rings. The van der Waals surface area contributed by atoms with Crippen molar-refractivity contribution in [3.8, 4) is 0 Å². The second-order valence-electron chi connectivity index (χ2n) is 6.24. The highest BCUT2D eigenvalue weighted by Crippen LogP contribution is 2.32. The number of nitrogens with one attached hydrogen (secondary N) is 1. The van der Waals surface area contributed by atoms with Gasteiger partial charge in [-0.25, -0.2) is 4.90 Å². The summed E-state index contributed by atoms with van der Waals surface area (Å²) >= 11 is 9.22. The van der Waals surface area contributed by atoms with Gasteiger partial charge in [-0.15, -0.1) is 0 Å². The number of benzene rings is 2. The Morgan fingerprint density at radius 1 is 1.14 bits per heavy atom. The summed E-state index contributed by atoms with van der Waals surface area (Å²) in [5.41, 5.74) is 0.974. The van der Waals surface area contributed by atoms with Crippen molar-refractivity contribution in [2.75, 3.05) is 16.8 Å². The van der Waals surface area contributed by atoms with Gasteiger partial charge in [0.05, 0.1) is 5.69 Å². The van der Waals surface area contributed by atoms with Gasteiger partial charge in [-0.1, -0.05) is 38.8 Å². The van der Waals surface area contributed by atoms with Gasteiger partial charge < -0.3 is 5.32 Å². The van der Waals surface area contributed by atoms with Gasteiger partial charge in [0, 0.05) is 15.2 Å². The molecular formula is C18H13BrClN5O3. The van der Waals surface area contributed by atoms with Gasteiger partial charge in [0.25, 0.3) is 11.8 Å². The zero-order valence-corrected chi connectivity index (χ0v) is 16.6. The molecule has 142 valence electrons. The summed E-state index contributed by atoms with van der Waals surface area (Å²) in [4.78, 5) is 38.9. The monoisotopic (exact) mass is 461 g/mol. The molecule has 8 nitrogen and oxygen atoms in total. The van der Waals surface area contributed by atoms with Gasteiger partial charge in [0.2, 0.25) is 5.91 Å². The summed E-state index contributed by atoms with van der Waals surface area (Å²) < 4.78 is 0.828. The zero-order valence-electron chi connectivity index (χ0n) is 14.3. The molecule has 2 aliphatic rings. The van der Waals surface area contributed by atoms with Crippen LogP contribution in [-0.4, -0.2) is 41.4 Å². The van der Waals surface area contributed by atoms with E-state index in [0.717, 1.165) is 9.37 Å². The van der Waals surface area contributed by atoms with Crippen LogP contribution in [0.1, 0.15) is 0 Å². The Balaban J connectivity index is 1.48. The van der Waals surface area contributed by atoms with Crippen molar-refractivity contribution in [3.05, 3.63) is 58.0 Å². The lowest BCUT2D eigenvalue weighted by Gasteiger charge is -2.20. The van der Waals surface area contributed by atoms with Crippen LogP contribution in [0.3, 0.4) is 0 Å². The van der Waals surface area contributed by atoms with Crippen molar-refractivity contribution in [2.24, 2.45) is 10.3 Å². The van der Waals surface area contributed by atoms with Gasteiger partial charge in [-0.2, -0.15) is 5.11 Å². The number of hydrogen-bond acceptors (Lipinski definition) is 6. The highest BCUT2D eigenvalue weighted by Gasteiger charge is 2.55. The predicted molar refractivity (Wildman–Crippen MR) is 106 cm³/mol. The molecule has 0 aromatic heterocycles. The number of nitrogens with zero attached hydrogens (tertiary/aromatic N) is 4. The second-order valence-corrected chi connectivity index (χ2v) is 7.59. The molecule has 2 aromatic rings. The van der Waals surface area contributed by atoms with E-state index < -0.39 is 29.8 Å². The highest BCUT2D eigenvalue weighted by molar-refractivity contribution is 9.10. The number of hydrogen-bond donors (Lipinski definition) is 1. The lowest BCUT2D eigenvalue weighted by molar-refractivity contribution is -0.123. The molecule has 2 atom stereocenters. The van der Waals surface area contributed by atoms with Gasteiger partial charge in [0.1, 0.15) is 6.54 Å². The molecule has 1 N–H and O–H groups in total. The van der Waals surface area contributed by atoms with Crippen LogP contribution in [0.15, 0.2) is 63.3 Å². The molecule has 2 aromatic carbocycles. The summed E-state index contributed by atoms with van der Waals surface area (Å²) in [5, 5.41) is 12.2. The molecule has 3 amide bonds. The minimum absolute atomic E-state index is 0.218. The summed E-state index contributed by atoms with van der Waals surface area (Å²) in [7, 11) is 0. The van der Waals surface area contributed by atoms with Crippen LogP contribution < -0.4 is 10.2 Å². The van der Waals surface area contributed by atoms with E-state index in [1.807, 2.05) is 0 Å². The van der Waals surface area contributed by atoms with Crippen LogP contribution in [0.4, 0.5) is 11.4 Å². The third-order valence-corrected chi connectivity index (χ3v) is 5.12. The van der Waals surface area contributed by atoms with Crippen LogP contribution in [0.25, 0.3) is 0 Å². The lowest BCUT2D eigenvalue weighted by Crippen LogP contribution is -2.43. The first-order valence-electron chi connectivity index (χ1n) is 8.30. The molecule has 0 bridgehead atoms. The lowest BCUT2D eigenvalue weighted by atomic mass is 10.1. The van der Waals surface area contributed by atoms with Crippen molar-refractivity contribution >= 4 is 56.6 Å². The Kier molecular flexibility index (Phi) is 4.86. The zero-order chi connectivity index (χ0) is 19.8. The quantitative estimate of drug-likeness (QED) is 0.707. The first kappa shape index (κ1) is 18.6. The van der Waals surface area contributed by atoms with Crippen LogP contribution in [0.5, 0.6) is 0 Å². The molecule has 10 heteroatoms. The number of rotatable bonds is 4. The molecule has 0 saturated carbocycles. The molecule has 0 radical (unpaired) electrons. The maximum atomic E-state index is 12.9. The number of halogens is 2. The van der Waals surface area contributed by atoms with Gasteiger partial charge >= 0.3 is 0 Å². The Labute approximate surface area is 173 Å². The Hall–Kier alpha value is -2.78. The van der Waals surface area contributed by atoms with Gasteiger partial charge in [-0.05, 0) is 42.5 Å². The summed E-state index contributed by atoms with van der Waals surface area (Å²) in [6.45, 7) is -0.218. The first-order valence-corrected chi connectivity index (χ1v) is 9.47. The highest BCUT2D eigenvalue weighted by atomic mass is 79.9. The minimum Gasteiger partial charge on any atom is -0.324 e. The van der Waals surface area contributed by atoms with Crippen LogP contribution in [0, 0.1) is 0 Å². The number of amides is 3. The number of fused-ring (bicyclic) bond motifs is 1. The van der Waals surface area contributed by atoms with E-state index in [0.29, 0.717) is 16.4 Å². The van der Waals surface area contributed by atoms with E-state index in [1.54, 1.807) is 48.5 Å². The largest absolute Gasteiger partial charge is 0.324 e. The van der Waals surface area contributed by atoms with E-state index in [9.17, 15) is 14.4 Å². The molecule has 1 saturated heterocycles. The summed E-state index contributed by atoms with van der Waals surface area (Å²) in [6, 6.07) is 11.6. The second kappa shape index (κ2) is 7.33. The maximum absolute atomic E-state index is 12.9. The summed E-state index contributed by atoms with van der Waals surface area (Å²) in [6.07, 6.45) is 0. The summed E-state index contributed by atoms with van der Waals surface area (Å²) in [5.74, 6) is -1.32. The Bertz CT molecular complexity index is 997. The molecule has 0 unspecified atom stereocenters.